The highest BCUT2D eigenvalue weighted by atomic mass is 32.1. The van der Waals surface area contributed by atoms with Crippen LogP contribution in [-0.2, 0) is 10.3 Å². The van der Waals surface area contributed by atoms with Gasteiger partial charge in [0.25, 0.3) is 0 Å². The smallest absolute Gasteiger partial charge is 0.112 e. The number of methoxy groups -OCH3 is 1. The lowest BCUT2D eigenvalue weighted by Gasteiger charge is -2.27. The predicted molar refractivity (Wildman–Crippen MR) is 59.6 cm³/mol. The van der Waals surface area contributed by atoms with Gasteiger partial charge in [0.05, 0.1) is 12.1 Å². The molecule has 1 unspecified atom stereocenters. The summed E-state index contributed by atoms with van der Waals surface area (Å²) in [5.74, 6) is 0. The van der Waals surface area contributed by atoms with Gasteiger partial charge >= 0.3 is 0 Å². The molecule has 1 rings (SSSR count). The highest BCUT2D eigenvalue weighted by molar-refractivity contribution is 7.09. The molecule has 0 aliphatic carbocycles. The van der Waals surface area contributed by atoms with Crippen molar-refractivity contribution in [2.75, 3.05) is 20.3 Å². The Morgan fingerprint density at radius 1 is 1.64 bits per heavy atom. The third-order valence-electron chi connectivity index (χ3n) is 2.43. The number of rotatable bonds is 6. The number of thiazole rings is 1. The predicted octanol–water partition coefficient (Wildman–Crippen LogP) is 2.00. The number of ether oxygens (including phenoxy) is 1. The van der Waals surface area contributed by atoms with Crippen molar-refractivity contribution in [1.82, 2.24) is 10.3 Å². The topological polar surface area (TPSA) is 34.1 Å². The van der Waals surface area contributed by atoms with Crippen molar-refractivity contribution in [1.29, 1.82) is 0 Å². The van der Waals surface area contributed by atoms with E-state index in [-0.39, 0.29) is 5.54 Å². The third kappa shape index (κ3) is 2.77. The second-order valence-electron chi connectivity index (χ2n) is 3.44. The molecule has 0 bridgehead atoms. The molecular weight excluding hydrogens is 196 g/mol. The van der Waals surface area contributed by atoms with E-state index in [0.717, 1.165) is 24.6 Å². The van der Waals surface area contributed by atoms with Gasteiger partial charge in [-0.15, -0.1) is 11.3 Å². The summed E-state index contributed by atoms with van der Waals surface area (Å²) < 4.78 is 5.02. The van der Waals surface area contributed by atoms with Crippen LogP contribution in [0.15, 0.2) is 11.6 Å². The lowest BCUT2D eigenvalue weighted by molar-refractivity contribution is 0.185. The van der Waals surface area contributed by atoms with Gasteiger partial charge in [0.1, 0.15) is 5.01 Å². The highest BCUT2D eigenvalue weighted by Crippen LogP contribution is 2.25. The van der Waals surface area contributed by atoms with E-state index in [4.69, 9.17) is 4.74 Å². The summed E-state index contributed by atoms with van der Waals surface area (Å²) in [6, 6.07) is 0. The van der Waals surface area contributed by atoms with Crippen LogP contribution in [0, 0.1) is 0 Å². The minimum atomic E-state index is -0.00725. The van der Waals surface area contributed by atoms with Crippen LogP contribution in [0.5, 0.6) is 0 Å². The van der Waals surface area contributed by atoms with E-state index in [1.54, 1.807) is 18.4 Å². The summed E-state index contributed by atoms with van der Waals surface area (Å²) in [5.41, 5.74) is -0.00725. The second-order valence-corrected chi connectivity index (χ2v) is 4.34. The largest absolute Gasteiger partial charge is 0.383 e. The minimum Gasteiger partial charge on any atom is -0.383 e. The Bertz CT molecular complexity index is 251. The van der Waals surface area contributed by atoms with Crippen molar-refractivity contribution in [2.24, 2.45) is 0 Å². The molecule has 1 heterocycles. The molecule has 14 heavy (non-hydrogen) atoms. The lowest BCUT2D eigenvalue weighted by atomic mass is 10.00. The first-order valence-corrected chi connectivity index (χ1v) is 5.75. The lowest BCUT2D eigenvalue weighted by Crippen LogP contribution is -2.40. The Labute approximate surface area is 89.5 Å². The average Bonchev–Trinajstić information content (AvgIpc) is 2.71. The molecule has 4 heteroatoms. The summed E-state index contributed by atoms with van der Waals surface area (Å²) in [6.45, 7) is 5.95. The van der Waals surface area contributed by atoms with Crippen LogP contribution in [0.4, 0.5) is 0 Å². The maximum atomic E-state index is 5.02. The highest BCUT2D eigenvalue weighted by Gasteiger charge is 2.25. The Morgan fingerprint density at radius 2 is 2.43 bits per heavy atom. The summed E-state index contributed by atoms with van der Waals surface area (Å²) in [5, 5.41) is 6.64. The van der Waals surface area contributed by atoms with Crippen LogP contribution in [0.2, 0.25) is 0 Å². The minimum absolute atomic E-state index is 0.00725. The number of hydrogen-bond donors (Lipinski definition) is 1. The molecule has 0 aliphatic rings. The van der Waals surface area contributed by atoms with Gasteiger partial charge in [-0.3, -0.25) is 0 Å². The Morgan fingerprint density at radius 3 is 2.93 bits per heavy atom. The molecule has 0 aliphatic heterocycles. The van der Waals surface area contributed by atoms with Crippen molar-refractivity contribution in [3.8, 4) is 0 Å². The first-order valence-electron chi connectivity index (χ1n) is 4.87. The van der Waals surface area contributed by atoms with Crippen LogP contribution in [0.1, 0.15) is 25.3 Å². The molecule has 3 nitrogen and oxygen atoms in total. The Hall–Kier alpha value is -0.450. The second kappa shape index (κ2) is 5.44. The maximum Gasteiger partial charge on any atom is 0.112 e. The first kappa shape index (κ1) is 11.6. The van der Waals surface area contributed by atoms with Crippen molar-refractivity contribution in [3.05, 3.63) is 16.6 Å². The molecule has 0 amide bonds. The maximum absolute atomic E-state index is 5.02. The molecule has 1 aromatic heterocycles. The molecule has 0 aromatic carbocycles. The zero-order valence-electron chi connectivity index (χ0n) is 9.04. The van der Waals surface area contributed by atoms with Crippen LogP contribution >= 0.6 is 11.3 Å². The fraction of sp³-hybridized carbons (Fsp3) is 0.700. The van der Waals surface area contributed by atoms with Crippen LogP contribution in [0.25, 0.3) is 0 Å². The summed E-state index contributed by atoms with van der Waals surface area (Å²) in [4.78, 5) is 4.35. The molecule has 0 saturated heterocycles. The molecule has 1 atom stereocenters. The molecule has 0 saturated carbocycles. The molecule has 1 aromatic rings. The third-order valence-corrected chi connectivity index (χ3v) is 3.47. The summed E-state index contributed by atoms with van der Waals surface area (Å²) in [7, 11) is 1.72. The average molecular weight is 214 g/mol. The van der Waals surface area contributed by atoms with Gasteiger partial charge < -0.3 is 10.1 Å². The fourth-order valence-corrected chi connectivity index (χ4v) is 2.13. The van der Waals surface area contributed by atoms with Gasteiger partial charge in [-0.05, 0) is 13.3 Å². The van der Waals surface area contributed by atoms with Gasteiger partial charge in [0.15, 0.2) is 0 Å². The normalized spacial score (nSPS) is 15.4. The van der Waals surface area contributed by atoms with E-state index in [1.165, 1.54) is 0 Å². The van der Waals surface area contributed by atoms with E-state index in [0.29, 0.717) is 0 Å². The van der Waals surface area contributed by atoms with E-state index in [2.05, 4.69) is 24.1 Å². The van der Waals surface area contributed by atoms with E-state index >= 15 is 0 Å². The van der Waals surface area contributed by atoms with Crippen molar-refractivity contribution >= 4 is 11.3 Å². The quantitative estimate of drug-likeness (QED) is 0.735. The van der Waals surface area contributed by atoms with Crippen molar-refractivity contribution in [3.63, 3.8) is 0 Å². The SMILES string of the molecule is CCC(C)(NCCOC)c1nccs1. The van der Waals surface area contributed by atoms with Crippen molar-refractivity contribution in [2.45, 2.75) is 25.8 Å². The van der Waals surface area contributed by atoms with E-state index in [1.807, 2.05) is 11.6 Å². The molecule has 80 valence electrons. The van der Waals surface area contributed by atoms with Crippen LogP contribution in [-0.4, -0.2) is 25.2 Å². The molecule has 0 radical (unpaired) electrons. The zero-order chi connectivity index (χ0) is 10.4. The van der Waals surface area contributed by atoms with Crippen molar-refractivity contribution < 1.29 is 4.74 Å². The number of nitrogens with zero attached hydrogens (tertiary/aromatic N) is 1. The van der Waals surface area contributed by atoms with Crippen LogP contribution < -0.4 is 5.32 Å². The summed E-state index contributed by atoms with van der Waals surface area (Å²) >= 11 is 1.70. The van der Waals surface area contributed by atoms with Gasteiger partial charge in [0.2, 0.25) is 0 Å². The fourth-order valence-electron chi connectivity index (χ4n) is 1.28. The van der Waals surface area contributed by atoms with Gasteiger partial charge in [-0.25, -0.2) is 4.98 Å². The van der Waals surface area contributed by atoms with E-state index in [9.17, 15) is 0 Å². The molecular formula is C10H18N2OS. The monoisotopic (exact) mass is 214 g/mol. The van der Waals surface area contributed by atoms with Gasteiger partial charge in [-0.1, -0.05) is 6.92 Å². The summed E-state index contributed by atoms with van der Waals surface area (Å²) in [6.07, 6.45) is 2.89. The Kier molecular flexibility index (Phi) is 4.51. The first-order chi connectivity index (χ1) is 6.73. The standard InChI is InChI=1S/C10H18N2OS/c1-4-10(2,12-5-7-13-3)9-11-6-8-14-9/h6,8,12H,4-5,7H2,1-3H3. The van der Waals surface area contributed by atoms with E-state index < -0.39 is 0 Å². The van der Waals surface area contributed by atoms with Gasteiger partial charge in [-0.2, -0.15) is 0 Å². The molecule has 0 fully saturated rings. The Balaban J connectivity index is 2.57. The van der Waals surface area contributed by atoms with Gasteiger partial charge in [0, 0.05) is 25.2 Å². The molecule has 1 N–H and O–H groups in total. The molecule has 0 spiro atoms. The zero-order valence-corrected chi connectivity index (χ0v) is 9.86. The number of aromatic nitrogens is 1. The van der Waals surface area contributed by atoms with Crippen LogP contribution in [0.3, 0.4) is 0 Å². The number of nitrogens with one attached hydrogen (secondary N) is 1. The number of hydrogen-bond acceptors (Lipinski definition) is 4.